The average molecular weight is 221 g/mol. The maximum absolute atomic E-state index is 5.60. The van der Waals surface area contributed by atoms with Gasteiger partial charge in [0, 0.05) is 18.9 Å². The molecule has 3 nitrogen and oxygen atoms in total. The molecule has 1 unspecified atom stereocenters. The van der Waals surface area contributed by atoms with E-state index in [2.05, 4.69) is 29.9 Å². The van der Waals surface area contributed by atoms with Crippen molar-refractivity contribution in [1.29, 1.82) is 0 Å². The van der Waals surface area contributed by atoms with Crippen molar-refractivity contribution in [2.45, 2.75) is 19.8 Å². The molecule has 0 fully saturated rings. The lowest BCUT2D eigenvalue weighted by Crippen LogP contribution is -2.25. The van der Waals surface area contributed by atoms with Crippen LogP contribution in [0.2, 0.25) is 0 Å². The van der Waals surface area contributed by atoms with Crippen LogP contribution in [0.3, 0.4) is 0 Å². The highest BCUT2D eigenvalue weighted by molar-refractivity contribution is 5.08. The van der Waals surface area contributed by atoms with Crippen LogP contribution in [0.1, 0.15) is 18.9 Å². The third-order valence-corrected chi connectivity index (χ3v) is 2.91. The second-order valence-electron chi connectivity index (χ2n) is 4.54. The molecule has 1 rings (SSSR count). The van der Waals surface area contributed by atoms with Gasteiger partial charge in [0.15, 0.2) is 0 Å². The van der Waals surface area contributed by atoms with Crippen LogP contribution in [0.4, 0.5) is 0 Å². The zero-order chi connectivity index (χ0) is 11.8. The Morgan fingerprint density at radius 2 is 2.25 bits per heavy atom. The summed E-state index contributed by atoms with van der Waals surface area (Å²) in [5, 5.41) is 0. The summed E-state index contributed by atoms with van der Waals surface area (Å²) in [5.41, 5.74) is 6.90. The van der Waals surface area contributed by atoms with Crippen molar-refractivity contribution in [1.82, 2.24) is 9.88 Å². The second kappa shape index (κ2) is 7.36. The number of likely N-dealkylation sites (N-methyl/N-ethyl adjacent to an activating group) is 1. The molecule has 0 radical (unpaired) electrons. The Bertz CT molecular complexity index is 274. The highest BCUT2D eigenvalue weighted by atomic mass is 15.1. The first kappa shape index (κ1) is 13.1. The van der Waals surface area contributed by atoms with Gasteiger partial charge < -0.3 is 10.6 Å². The first-order valence-corrected chi connectivity index (χ1v) is 6.00. The van der Waals surface area contributed by atoms with Crippen molar-refractivity contribution < 1.29 is 0 Å². The summed E-state index contributed by atoms with van der Waals surface area (Å²) in [7, 11) is 2.17. The summed E-state index contributed by atoms with van der Waals surface area (Å²) in [5.74, 6) is 0.626. The molecule has 1 aromatic heterocycles. The van der Waals surface area contributed by atoms with Gasteiger partial charge in [0.1, 0.15) is 0 Å². The van der Waals surface area contributed by atoms with Gasteiger partial charge in [-0.2, -0.15) is 0 Å². The van der Waals surface area contributed by atoms with Gasteiger partial charge in [0.25, 0.3) is 0 Å². The van der Waals surface area contributed by atoms with Crippen molar-refractivity contribution in [2.24, 2.45) is 11.7 Å². The molecular weight excluding hydrogens is 198 g/mol. The van der Waals surface area contributed by atoms with Crippen molar-refractivity contribution >= 4 is 0 Å². The minimum absolute atomic E-state index is 0.626. The Hall–Kier alpha value is -0.930. The van der Waals surface area contributed by atoms with E-state index in [0.717, 1.165) is 26.1 Å². The smallest absolute Gasteiger partial charge is 0.0300 e. The molecule has 0 saturated heterocycles. The molecule has 1 aromatic rings. The summed E-state index contributed by atoms with van der Waals surface area (Å²) >= 11 is 0. The predicted octanol–water partition coefficient (Wildman–Crippen LogP) is 1.54. The first-order valence-electron chi connectivity index (χ1n) is 6.00. The predicted molar refractivity (Wildman–Crippen MR) is 68.3 cm³/mol. The van der Waals surface area contributed by atoms with E-state index >= 15 is 0 Å². The number of pyridine rings is 1. The molecule has 0 bridgehead atoms. The number of hydrogen-bond donors (Lipinski definition) is 1. The minimum atomic E-state index is 0.626. The normalized spacial score (nSPS) is 13.0. The molecule has 16 heavy (non-hydrogen) atoms. The lowest BCUT2D eigenvalue weighted by Gasteiger charge is -2.18. The van der Waals surface area contributed by atoms with Gasteiger partial charge in [-0.25, -0.2) is 0 Å². The Morgan fingerprint density at radius 1 is 1.44 bits per heavy atom. The van der Waals surface area contributed by atoms with Gasteiger partial charge in [-0.3, -0.25) is 4.98 Å². The standard InChI is InChI=1S/C13H23N3/c1-12(10-14)5-8-16(2)9-6-13-4-3-7-15-11-13/h3-4,7,11-12H,5-6,8-10,14H2,1-2H3. The number of nitrogens with zero attached hydrogens (tertiary/aromatic N) is 2. The highest BCUT2D eigenvalue weighted by Gasteiger charge is 2.03. The fourth-order valence-corrected chi connectivity index (χ4v) is 1.54. The summed E-state index contributed by atoms with van der Waals surface area (Å²) in [6, 6.07) is 4.12. The summed E-state index contributed by atoms with van der Waals surface area (Å²) in [6.45, 7) is 5.20. The molecule has 0 amide bonds. The third kappa shape index (κ3) is 5.24. The third-order valence-electron chi connectivity index (χ3n) is 2.91. The maximum Gasteiger partial charge on any atom is 0.0300 e. The van der Waals surface area contributed by atoms with Crippen LogP contribution < -0.4 is 5.73 Å². The molecular formula is C13H23N3. The molecule has 0 aliphatic rings. The maximum atomic E-state index is 5.60. The molecule has 3 heteroatoms. The van der Waals surface area contributed by atoms with E-state index in [-0.39, 0.29) is 0 Å². The molecule has 2 N–H and O–H groups in total. The molecule has 0 aromatic carbocycles. The molecule has 0 saturated carbocycles. The van der Waals surface area contributed by atoms with Gasteiger partial charge in [-0.05, 0) is 50.5 Å². The van der Waals surface area contributed by atoms with Gasteiger partial charge in [-0.1, -0.05) is 13.0 Å². The number of rotatable bonds is 7. The molecule has 0 spiro atoms. The van der Waals surface area contributed by atoms with E-state index in [1.165, 1.54) is 12.0 Å². The number of aromatic nitrogens is 1. The Balaban J connectivity index is 2.18. The second-order valence-corrected chi connectivity index (χ2v) is 4.54. The van der Waals surface area contributed by atoms with Crippen LogP contribution in [-0.2, 0) is 6.42 Å². The van der Waals surface area contributed by atoms with Crippen LogP contribution in [0.5, 0.6) is 0 Å². The quantitative estimate of drug-likeness (QED) is 0.759. The topological polar surface area (TPSA) is 42.1 Å². The van der Waals surface area contributed by atoms with Crippen LogP contribution in [0.15, 0.2) is 24.5 Å². The Kier molecular flexibility index (Phi) is 6.04. The molecule has 0 aliphatic carbocycles. The Labute approximate surface area is 98.7 Å². The van der Waals surface area contributed by atoms with Gasteiger partial charge in [-0.15, -0.1) is 0 Å². The fourth-order valence-electron chi connectivity index (χ4n) is 1.54. The van der Waals surface area contributed by atoms with E-state index in [1.54, 1.807) is 0 Å². The van der Waals surface area contributed by atoms with E-state index in [0.29, 0.717) is 5.92 Å². The van der Waals surface area contributed by atoms with Gasteiger partial charge in [0.2, 0.25) is 0 Å². The number of hydrogen-bond acceptors (Lipinski definition) is 3. The van der Waals surface area contributed by atoms with E-state index in [9.17, 15) is 0 Å². The monoisotopic (exact) mass is 221 g/mol. The molecule has 0 aliphatic heterocycles. The van der Waals surface area contributed by atoms with Crippen LogP contribution >= 0.6 is 0 Å². The zero-order valence-electron chi connectivity index (χ0n) is 10.4. The zero-order valence-corrected chi connectivity index (χ0v) is 10.4. The van der Waals surface area contributed by atoms with Crippen molar-refractivity contribution in [2.75, 3.05) is 26.7 Å². The molecule has 1 heterocycles. The van der Waals surface area contributed by atoms with Crippen LogP contribution in [0, 0.1) is 5.92 Å². The van der Waals surface area contributed by atoms with Crippen molar-refractivity contribution in [3.05, 3.63) is 30.1 Å². The molecule has 90 valence electrons. The minimum Gasteiger partial charge on any atom is -0.330 e. The lowest BCUT2D eigenvalue weighted by molar-refractivity contribution is 0.310. The van der Waals surface area contributed by atoms with E-state index in [4.69, 9.17) is 5.73 Å². The summed E-state index contributed by atoms with van der Waals surface area (Å²) in [6.07, 6.45) is 6.01. The SMILES string of the molecule is CC(CN)CCN(C)CCc1cccnc1. The molecule has 1 atom stereocenters. The van der Waals surface area contributed by atoms with E-state index in [1.807, 2.05) is 18.5 Å². The first-order chi connectivity index (χ1) is 7.72. The van der Waals surface area contributed by atoms with Crippen molar-refractivity contribution in [3.8, 4) is 0 Å². The summed E-state index contributed by atoms with van der Waals surface area (Å²) in [4.78, 5) is 6.48. The van der Waals surface area contributed by atoms with Crippen LogP contribution in [-0.4, -0.2) is 36.6 Å². The van der Waals surface area contributed by atoms with Crippen molar-refractivity contribution in [3.63, 3.8) is 0 Å². The fraction of sp³-hybridized carbons (Fsp3) is 0.615. The Morgan fingerprint density at radius 3 is 2.88 bits per heavy atom. The highest BCUT2D eigenvalue weighted by Crippen LogP contribution is 2.02. The largest absolute Gasteiger partial charge is 0.330 e. The summed E-state index contributed by atoms with van der Waals surface area (Å²) < 4.78 is 0. The average Bonchev–Trinajstić information content (AvgIpc) is 2.34. The van der Waals surface area contributed by atoms with Gasteiger partial charge in [0.05, 0.1) is 0 Å². The van der Waals surface area contributed by atoms with E-state index < -0.39 is 0 Å². The lowest BCUT2D eigenvalue weighted by atomic mass is 10.1. The van der Waals surface area contributed by atoms with Crippen LogP contribution in [0.25, 0.3) is 0 Å². The number of nitrogens with two attached hydrogens (primary N) is 1. The van der Waals surface area contributed by atoms with Gasteiger partial charge >= 0.3 is 0 Å².